The number of piperidine rings is 1. The number of benzene rings is 1. The monoisotopic (exact) mass is 476 g/mol. The summed E-state index contributed by atoms with van der Waals surface area (Å²) in [6, 6.07) is 13.5. The fraction of sp³-hybridized carbons (Fsp3) is 0.429. The quantitative estimate of drug-likeness (QED) is 0.451. The number of pyridine rings is 1. The number of aromatic nitrogens is 1. The van der Waals surface area contributed by atoms with Crippen molar-refractivity contribution in [3.05, 3.63) is 87.4 Å². The smallest absolute Gasteiger partial charge is 0.251 e. The van der Waals surface area contributed by atoms with E-state index in [4.69, 9.17) is 0 Å². The van der Waals surface area contributed by atoms with E-state index in [-0.39, 0.29) is 11.9 Å². The van der Waals surface area contributed by atoms with Crippen molar-refractivity contribution >= 4 is 17.2 Å². The number of hydrogen-bond acceptors (Lipinski definition) is 5. The van der Waals surface area contributed by atoms with Gasteiger partial charge >= 0.3 is 0 Å². The second-order valence-corrected chi connectivity index (χ2v) is 10.2. The Morgan fingerprint density at radius 2 is 1.88 bits per heavy atom. The summed E-state index contributed by atoms with van der Waals surface area (Å²) in [6.07, 6.45) is 7.01. The van der Waals surface area contributed by atoms with Crippen molar-refractivity contribution in [1.29, 1.82) is 0 Å². The van der Waals surface area contributed by atoms with Crippen LogP contribution in [-0.4, -0.2) is 47.5 Å². The lowest BCUT2D eigenvalue weighted by molar-refractivity contribution is 0.0943. The molecule has 0 bridgehead atoms. The van der Waals surface area contributed by atoms with Crippen molar-refractivity contribution in [3.63, 3.8) is 0 Å². The van der Waals surface area contributed by atoms with E-state index in [1.165, 1.54) is 11.1 Å². The first-order chi connectivity index (χ1) is 16.5. The Kier molecular flexibility index (Phi) is 8.48. The Labute approximate surface area is 207 Å². The van der Waals surface area contributed by atoms with Crippen LogP contribution in [0.1, 0.15) is 64.8 Å². The highest BCUT2D eigenvalue weighted by atomic mass is 32.1. The third-order valence-electron chi connectivity index (χ3n) is 7.01. The van der Waals surface area contributed by atoms with E-state index < -0.39 is 0 Å². The molecule has 1 aliphatic rings. The van der Waals surface area contributed by atoms with Crippen LogP contribution in [0.4, 0.5) is 0 Å². The van der Waals surface area contributed by atoms with Crippen LogP contribution in [0.15, 0.2) is 59.6 Å². The van der Waals surface area contributed by atoms with Crippen molar-refractivity contribution in [1.82, 2.24) is 20.5 Å². The van der Waals surface area contributed by atoms with Gasteiger partial charge in [0.25, 0.3) is 5.91 Å². The minimum Gasteiger partial charge on any atom is -0.352 e. The Morgan fingerprint density at radius 3 is 2.53 bits per heavy atom. The number of carbonyl (C=O) groups excluding carboxylic acids is 1. The molecule has 4 rings (SSSR count). The average Bonchev–Trinajstić information content (AvgIpc) is 3.38. The molecule has 1 amide bonds. The number of carbonyl (C=O) groups is 1. The summed E-state index contributed by atoms with van der Waals surface area (Å²) in [5, 5.41) is 11.4. The average molecular weight is 477 g/mol. The number of amides is 1. The molecule has 1 saturated heterocycles. The van der Waals surface area contributed by atoms with E-state index in [2.05, 4.69) is 50.3 Å². The minimum atomic E-state index is 0.0422. The van der Waals surface area contributed by atoms with Gasteiger partial charge in [-0.3, -0.25) is 9.78 Å². The fourth-order valence-electron chi connectivity index (χ4n) is 4.95. The van der Waals surface area contributed by atoms with Gasteiger partial charge < -0.3 is 15.5 Å². The van der Waals surface area contributed by atoms with Gasteiger partial charge in [-0.2, -0.15) is 11.3 Å². The largest absolute Gasteiger partial charge is 0.352 e. The predicted octanol–water partition coefficient (Wildman–Crippen LogP) is 5.11. The molecule has 1 fully saturated rings. The molecule has 6 heteroatoms. The molecule has 2 atom stereocenters. The number of hydrogen-bond donors (Lipinski definition) is 2. The molecular formula is C28H36N4OS. The lowest BCUT2D eigenvalue weighted by Gasteiger charge is -2.38. The maximum absolute atomic E-state index is 12.7. The molecule has 3 aromatic rings. The molecule has 2 aromatic heterocycles. The van der Waals surface area contributed by atoms with Gasteiger partial charge in [-0.15, -0.1) is 0 Å². The first-order valence-corrected chi connectivity index (χ1v) is 13.2. The van der Waals surface area contributed by atoms with Gasteiger partial charge in [-0.1, -0.05) is 24.3 Å². The van der Waals surface area contributed by atoms with Crippen molar-refractivity contribution in [3.8, 4) is 0 Å². The molecule has 180 valence electrons. The van der Waals surface area contributed by atoms with Crippen LogP contribution >= 0.6 is 11.3 Å². The van der Waals surface area contributed by atoms with Gasteiger partial charge in [0.2, 0.25) is 0 Å². The molecule has 1 aromatic carbocycles. The predicted molar refractivity (Wildman–Crippen MR) is 140 cm³/mol. The van der Waals surface area contributed by atoms with E-state index in [9.17, 15) is 4.79 Å². The van der Waals surface area contributed by atoms with Crippen LogP contribution in [0.3, 0.4) is 0 Å². The topological polar surface area (TPSA) is 57.3 Å². The van der Waals surface area contributed by atoms with Gasteiger partial charge in [0.1, 0.15) is 0 Å². The Bertz CT molecular complexity index is 1030. The van der Waals surface area contributed by atoms with E-state index in [1.54, 1.807) is 11.3 Å². The summed E-state index contributed by atoms with van der Waals surface area (Å²) >= 11 is 1.74. The van der Waals surface area contributed by atoms with E-state index in [0.717, 1.165) is 49.0 Å². The highest BCUT2D eigenvalue weighted by molar-refractivity contribution is 7.08. The van der Waals surface area contributed by atoms with Crippen LogP contribution < -0.4 is 10.6 Å². The van der Waals surface area contributed by atoms with Crippen LogP contribution in [0.2, 0.25) is 0 Å². The number of nitrogens with one attached hydrogen (secondary N) is 2. The second kappa shape index (κ2) is 11.7. The molecule has 0 saturated carbocycles. The summed E-state index contributed by atoms with van der Waals surface area (Å²) in [4.78, 5) is 19.6. The van der Waals surface area contributed by atoms with Gasteiger partial charge in [-0.25, -0.2) is 0 Å². The maximum atomic E-state index is 12.7. The van der Waals surface area contributed by atoms with Crippen molar-refractivity contribution in [2.75, 3.05) is 19.6 Å². The molecule has 1 aliphatic heterocycles. The Morgan fingerprint density at radius 1 is 1.12 bits per heavy atom. The molecule has 2 unspecified atom stereocenters. The Hall–Kier alpha value is -2.54. The van der Waals surface area contributed by atoms with E-state index in [1.807, 2.05) is 50.5 Å². The molecule has 5 nitrogen and oxygen atoms in total. The number of thiophene rings is 1. The second-order valence-electron chi connectivity index (χ2n) is 9.41. The van der Waals surface area contributed by atoms with E-state index in [0.29, 0.717) is 18.6 Å². The van der Waals surface area contributed by atoms with Gasteiger partial charge in [0, 0.05) is 36.6 Å². The molecule has 2 N–H and O–H groups in total. The maximum Gasteiger partial charge on any atom is 0.251 e. The zero-order valence-corrected chi connectivity index (χ0v) is 21.3. The number of nitrogens with zero attached hydrogens (tertiary/aromatic N) is 2. The molecule has 0 aliphatic carbocycles. The summed E-state index contributed by atoms with van der Waals surface area (Å²) < 4.78 is 0. The highest BCUT2D eigenvalue weighted by Gasteiger charge is 2.26. The number of aryl methyl sites for hydroxylation is 2. The first-order valence-electron chi connectivity index (χ1n) is 12.3. The first kappa shape index (κ1) is 24.6. The third-order valence-corrected chi connectivity index (χ3v) is 7.71. The molecular weight excluding hydrogens is 440 g/mol. The van der Waals surface area contributed by atoms with Crippen LogP contribution in [0.25, 0.3) is 0 Å². The normalized spacial score (nSPS) is 16.8. The summed E-state index contributed by atoms with van der Waals surface area (Å²) in [5.41, 5.74) is 5.42. The van der Waals surface area contributed by atoms with Crippen molar-refractivity contribution in [2.24, 2.45) is 0 Å². The number of rotatable bonds is 9. The number of likely N-dealkylation sites (tertiary alicyclic amines) is 1. The van der Waals surface area contributed by atoms with Gasteiger partial charge in [0.15, 0.2) is 0 Å². The van der Waals surface area contributed by atoms with Crippen LogP contribution in [-0.2, 0) is 0 Å². The zero-order chi connectivity index (χ0) is 23.9. The summed E-state index contributed by atoms with van der Waals surface area (Å²) in [5.74, 6) is 0.0422. The van der Waals surface area contributed by atoms with Crippen LogP contribution in [0.5, 0.6) is 0 Å². The highest BCUT2D eigenvalue weighted by Crippen LogP contribution is 2.26. The van der Waals surface area contributed by atoms with Crippen molar-refractivity contribution in [2.45, 2.75) is 58.2 Å². The standard InChI is InChI=1S/C28H36N4OS/c1-20-6-4-7-21(2)26(20)28(33)30-14-9-22(3)32-15-10-25(11-16-32)31-27(24-12-17-34-19-24)23-8-5-13-29-18-23/h4-8,12-13,17-19,22,25,27,31H,9-11,14-16H2,1-3H3,(H,30,33). The molecule has 0 spiro atoms. The SMILES string of the molecule is Cc1cccc(C)c1C(=O)NCCC(C)N1CCC(NC(c2cccnc2)c2ccsc2)CC1. The molecule has 3 heterocycles. The summed E-state index contributed by atoms with van der Waals surface area (Å²) in [7, 11) is 0. The molecule has 34 heavy (non-hydrogen) atoms. The van der Waals surface area contributed by atoms with Crippen LogP contribution in [0, 0.1) is 13.8 Å². The third kappa shape index (κ3) is 6.12. The molecule has 0 radical (unpaired) electrons. The lowest BCUT2D eigenvalue weighted by atomic mass is 9.97. The summed E-state index contributed by atoms with van der Waals surface area (Å²) in [6.45, 7) is 9.13. The van der Waals surface area contributed by atoms with Gasteiger partial charge in [0.05, 0.1) is 6.04 Å². The fourth-order valence-corrected chi connectivity index (χ4v) is 5.64. The Balaban J connectivity index is 1.25. The van der Waals surface area contributed by atoms with Crippen molar-refractivity contribution < 1.29 is 4.79 Å². The van der Waals surface area contributed by atoms with E-state index >= 15 is 0 Å². The van der Waals surface area contributed by atoms with Gasteiger partial charge in [-0.05, 0) is 98.3 Å². The minimum absolute atomic E-state index is 0.0422. The zero-order valence-electron chi connectivity index (χ0n) is 20.5. The lowest BCUT2D eigenvalue weighted by Crippen LogP contribution is -2.47.